The maximum absolute atomic E-state index is 13.7. The maximum Gasteiger partial charge on any atom is 0.285 e. The molecule has 36 heavy (non-hydrogen) atoms. The highest BCUT2D eigenvalue weighted by atomic mass is 32.2. The van der Waals surface area contributed by atoms with E-state index in [0.29, 0.717) is 16.6 Å². The largest absolute Gasteiger partial charge is 0.493 e. The van der Waals surface area contributed by atoms with Crippen molar-refractivity contribution in [3.05, 3.63) is 96.6 Å². The van der Waals surface area contributed by atoms with Crippen LogP contribution in [0.2, 0.25) is 0 Å². The van der Waals surface area contributed by atoms with Gasteiger partial charge in [0.2, 0.25) is 5.88 Å². The molecule has 180 valence electrons. The summed E-state index contributed by atoms with van der Waals surface area (Å²) in [6, 6.07) is 26.2. The minimum absolute atomic E-state index is 0.0563. The van der Waals surface area contributed by atoms with Crippen molar-refractivity contribution >= 4 is 49.0 Å². The molecule has 0 saturated heterocycles. The van der Waals surface area contributed by atoms with Crippen LogP contribution in [-0.4, -0.2) is 31.0 Å². The number of aromatic amines is 1. The third kappa shape index (κ3) is 4.44. The van der Waals surface area contributed by atoms with Gasteiger partial charge in [-0.3, -0.25) is 9.10 Å². The van der Waals surface area contributed by atoms with E-state index < -0.39 is 22.5 Å². The van der Waals surface area contributed by atoms with Gasteiger partial charge in [-0.1, -0.05) is 66.2 Å². The second kappa shape index (κ2) is 9.27. The fourth-order valence-corrected chi connectivity index (χ4v) is 5.41. The molecule has 0 aliphatic carbocycles. The number of hydrogen-bond acceptors (Lipinski definition) is 5. The summed E-state index contributed by atoms with van der Waals surface area (Å²) in [6.45, 7) is 1.32. The number of rotatable bonds is 6. The Morgan fingerprint density at radius 3 is 2.39 bits per heavy atom. The van der Waals surface area contributed by atoms with Crippen LogP contribution in [0.1, 0.15) is 5.56 Å². The summed E-state index contributed by atoms with van der Waals surface area (Å²) in [5, 5.41) is 20.1. The average molecular weight is 499 g/mol. The van der Waals surface area contributed by atoms with Gasteiger partial charge >= 0.3 is 0 Å². The molecule has 0 aliphatic heterocycles. The topological polar surface area (TPSA) is 115 Å². The van der Waals surface area contributed by atoms with Crippen LogP contribution >= 0.6 is 0 Å². The number of amides is 1. The van der Waals surface area contributed by atoms with Crippen molar-refractivity contribution in [2.45, 2.75) is 11.8 Å². The van der Waals surface area contributed by atoms with Crippen LogP contribution in [0.5, 0.6) is 5.88 Å². The molecule has 1 amide bonds. The minimum atomic E-state index is -4.11. The lowest BCUT2D eigenvalue weighted by molar-refractivity contribution is -0.116. The number of azo groups is 1. The molecular weight excluding hydrogens is 476 g/mol. The lowest BCUT2D eigenvalue weighted by Crippen LogP contribution is -2.35. The molecular formula is C27H22N4O4S. The molecule has 0 radical (unpaired) electrons. The number of aromatic hydroxyl groups is 1. The van der Waals surface area contributed by atoms with Gasteiger partial charge in [0, 0.05) is 5.39 Å². The van der Waals surface area contributed by atoms with Crippen LogP contribution in [0.3, 0.4) is 0 Å². The average Bonchev–Trinajstić information content (AvgIpc) is 3.21. The van der Waals surface area contributed by atoms with Crippen molar-refractivity contribution in [1.82, 2.24) is 4.98 Å². The van der Waals surface area contributed by atoms with Crippen molar-refractivity contribution < 1.29 is 18.3 Å². The van der Waals surface area contributed by atoms with E-state index in [9.17, 15) is 18.3 Å². The number of hydrogen-bond donors (Lipinski definition) is 2. The summed E-state index contributed by atoms with van der Waals surface area (Å²) in [4.78, 5) is 15.7. The van der Waals surface area contributed by atoms with E-state index in [1.165, 1.54) is 6.07 Å². The van der Waals surface area contributed by atoms with Crippen LogP contribution in [0.15, 0.2) is 106 Å². The van der Waals surface area contributed by atoms with Gasteiger partial charge in [0.25, 0.3) is 15.9 Å². The molecule has 0 spiro atoms. The summed E-state index contributed by atoms with van der Waals surface area (Å²) in [7, 11) is -4.11. The monoisotopic (exact) mass is 498 g/mol. The Labute approximate surface area is 207 Å². The van der Waals surface area contributed by atoms with Crippen LogP contribution in [0.4, 0.5) is 11.4 Å². The Balaban J connectivity index is 1.50. The third-order valence-electron chi connectivity index (χ3n) is 5.83. The number of anilines is 1. The molecule has 0 unspecified atom stereocenters. The molecule has 1 aromatic heterocycles. The molecule has 4 aromatic carbocycles. The number of aromatic nitrogens is 1. The molecule has 0 fully saturated rings. The van der Waals surface area contributed by atoms with Crippen molar-refractivity contribution in [3.8, 4) is 5.88 Å². The number of nitrogens with one attached hydrogen (secondary N) is 1. The summed E-state index contributed by atoms with van der Waals surface area (Å²) in [6.07, 6.45) is 0. The summed E-state index contributed by atoms with van der Waals surface area (Å²) in [5.41, 5.74) is 2.02. The number of nitrogens with zero attached hydrogens (tertiary/aromatic N) is 3. The summed E-state index contributed by atoms with van der Waals surface area (Å²) < 4.78 is 28.5. The standard InChI is InChI=1S/C27H22N4O4S/c1-18-10-13-21(14-11-18)31(36(34,35)22-15-12-19-6-2-3-7-20(19)16-22)17-25(32)29-30-26-23-8-4-5-9-24(23)28-27(26)33/h2-16,28,33H,17H2,1H3. The van der Waals surface area contributed by atoms with Gasteiger partial charge in [0.15, 0.2) is 5.69 Å². The highest BCUT2D eigenvalue weighted by Crippen LogP contribution is 2.35. The zero-order valence-corrected chi connectivity index (χ0v) is 20.1. The molecule has 0 aliphatic rings. The highest BCUT2D eigenvalue weighted by molar-refractivity contribution is 7.92. The first kappa shape index (κ1) is 23.3. The van der Waals surface area contributed by atoms with Crippen LogP contribution < -0.4 is 4.31 Å². The molecule has 8 nitrogen and oxygen atoms in total. The van der Waals surface area contributed by atoms with Gasteiger partial charge in [0.05, 0.1) is 16.1 Å². The molecule has 5 rings (SSSR count). The lowest BCUT2D eigenvalue weighted by Gasteiger charge is -2.23. The zero-order chi connectivity index (χ0) is 25.3. The Morgan fingerprint density at radius 1 is 0.917 bits per heavy atom. The van der Waals surface area contributed by atoms with E-state index in [1.807, 2.05) is 31.2 Å². The van der Waals surface area contributed by atoms with E-state index in [-0.39, 0.29) is 16.5 Å². The molecule has 5 aromatic rings. The second-order valence-corrected chi connectivity index (χ2v) is 10.2. The normalized spacial score (nSPS) is 11.9. The lowest BCUT2D eigenvalue weighted by atomic mass is 10.1. The van der Waals surface area contributed by atoms with E-state index in [4.69, 9.17) is 0 Å². The number of sulfonamides is 1. The SMILES string of the molecule is Cc1ccc(N(CC(=O)N=Nc2c(O)[nH]c3ccccc23)S(=O)(=O)c2ccc3ccccc3c2)cc1. The van der Waals surface area contributed by atoms with Crippen molar-refractivity contribution in [2.24, 2.45) is 10.2 Å². The maximum atomic E-state index is 13.7. The Morgan fingerprint density at radius 2 is 1.61 bits per heavy atom. The van der Waals surface area contributed by atoms with Crippen LogP contribution in [0, 0.1) is 6.92 Å². The van der Waals surface area contributed by atoms with E-state index in [2.05, 4.69) is 15.2 Å². The van der Waals surface area contributed by atoms with Crippen LogP contribution in [0.25, 0.3) is 21.7 Å². The number of fused-ring (bicyclic) bond motifs is 2. The molecule has 1 heterocycles. The molecule has 9 heteroatoms. The number of H-pyrrole nitrogens is 1. The Hall–Kier alpha value is -4.50. The van der Waals surface area contributed by atoms with E-state index in [0.717, 1.165) is 20.6 Å². The summed E-state index contributed by atoms with van der Waals surface area (Å²) >= 11 is 0. The van der Waals surface area contributed by atoms with Gasteiger partial charge in [-0.25, -0.2) is 8.42 Å². The molecule has 0 saturated carbocycles. The number of para-hydroxylation sites is 1. The number of carbonyl (C=O) groups excluding carboxylic acids is 1. The minimum Gasteiger partial charge on any atom is -0.493 e. The van der Waals surface area contributed by atoms with Gasteiger partial charge in [-0.2, -0.15) is 0 Å². The van der Waals surface area contributed by atoms with E-state index in [1.54, 1.807) is 60.7 Å². The summed E-state index contributed by atoms with van der Waals surface area (Å²) in [5.74, 6) is -1.02. The quantitative estimate of drug-likeness (QED) is 0.286. The van der Waals surface area contributed by atoms with E-state index >= 15 is 0 Å². The van der Waals surface area contributed by atoms with Gasteiger partial charge in [-0.15, -0.1) is 10.2 Å². The molecule has 0 atom stereocenters. The van der Waals surface area contributed by atoms with Crippen LogP contribution in [-0.2, 0) is 14.8 Å². The number of aryl methyl sites for hydroxylation is 1. The first-order chi connectivity index (χ1) is 17.3. The van der Waals surface area contributed by atoms with Crippen molar-refractivity contribution in [2.75, 3.05) is 10.8 Å². The first-order valence-electron chi connectivity index (χ1n) is 11.2. The Kier molecular flexibility index (Phi) is 5.99. The van der Waals surface area contributed by atoms with Gasteiger partial charge < -0.3 is 10.1 Å². The zero-order valence-electron chi connectivity index (χ0n) is 19.3. The van der Waals surface area contributed by atoms with Gasteiger partial charge in [-0.05, 0) is 48.0 Å². The Bertz CT molecular complexity index is 1720. The smallest absolute Gasteiger partial charge is 0.285 e. The fraction of sp³-hybridized carbons (Fsp3) is 0.0741. The number of carbonyl (C=O) groups is 1. The van der Waals surface area contributed by atoms with Crippen molar-refractivity contribution in [1.29, 1.82) is 0 Å². The fourth-order valence-electron chi connectivity index (χ4n) is 3.96. The second-order valence-electron chi connectivity index (χ2n) is 8.32. The van der Waals surface area contributed by atoms with Crippen molar-refractivity contribution in [3.63, 3.8) is 0 Å². The predicted octanol–water partition coefficient (Wildman–Crippen LogP) is 5.84. The first-order valence-corrected chi connectivity index (χ1v) is 12.6. The predicted molar refractivity (Wildman–Crippen MR) is 139 cm³/mol. The number of benzene rings is 4. The molecule has 0 bridgehead atoms. The third-order valence-corrected chi connectivity index (χ3v) is 7.60. The highest BCUT2D eigenvalue weighted by Gasteiger charge is 2.27. The van der Waals surface area contributed by atoms with Gasteiger partial charge in [0.1, 0.15) is 6.54 Å². The molecule has 2 N–H and O–H groups in total.